The molecule has 2 fully saturated rings. The number of methoxy groups -OCH3 is 1. The van der Waals surface area contributed by atoms with Crippen LogP contribution in [0, 0.1) is 5.92 Å². The highest BCUT2D eigenvalue weighted by Gasteiger charge is 2.24. The van der Waals surface area contributed by atoms with Gasteiger partial charge in [0.15, 0.2) is 0 Å². The van der Waals surface area contributed by atoms with Crippen LogP contribution in [0.3, 0.4) is 0 Å². The zero-order valence-electron chi connectivity index (χ0n) is 16.3. The standard InChI is InChI=1S/C21H32N2O3.ClH/c1-25-19-5-2-4-18(14-19)15-23(16-20-6-3-13-26-20)21(24)8-7-17-9-11-22-12-10-17;/h2,4-5,14,17,20,22H,3,6-13,15-16H2,1H3;1H. The van der Waals surface area contributed by atoms with Crippen LogP contribution in [0.1, 0.15) is 44.1 Å². The predicted octanol–water partition coefficient (Wildman–Crippen LogP) is 3.40. The van der Waals surface area contributed by atoms with Crippen LogP contribution in [0.15, 0.2) is 24.3 Å². The maximum atomic E-state index is 13.0. The number of carbonyl (C=O) groups is 1. The van der Waals surface area contributed by atoms with Crippen molar-refractivity contribution in [1.82, 2.24) is 10.2 Å². The zero-order valence-corrected chi connectivity index (χ0v) is 17.1. The number of benzene rings is 1. The van der Waals surface area contributed by atoms with Gasteiger partial charge in [0.1, 0.15) is 5.75 Å². The molecule has 6 heteroatoms. The summed E-state index contributed by atoms with van der Waals surface area (Å²) in [4.78, 5) is 14.9. The summed E-state index contributed by atoms with van der Waals surface area (Å²) in [5, 5.41) is 3.39. The highest BCUT2D eigenvalue weighted by atomic mass is 35.5. The van der Waals surface area contributed by atoms with E-state index in [1.807, 2.05) is 23.1 Å². The molecule has 0 saturated carbocycles. The Kier molecular flexibility index (Phi) is 9.39. The average Bonchev–Trinajstić information content (AvgIpc) is 3.20. The van der Waals surface area contributed by atoms with Gasteiger partial charge in [0, 0.05) is 26.1 Å². The van der Waals surface area contributed by atoms with Gasteiger partial charge in [-0.25, -0.2) is 0 Å². The van der Waals surface area contributed by atoms with E-state index >= 15 is 0 Å². The summed E-state index contributed by atoms with van der Waals surface area (Å²) in [6.07, 6.45) is 6.35. The minimum atomic E-state index is 0. The highest BCUT2D eigenvalue weighted by Crippen LogP contribution is 2.21. The summed E-state index contributed by atoms with van der Waals surface area (Å²) in [5.74, 6) is 1.77. The minimum Gasteiger partial charge on any atom is -0.497 e. The molecule has 27 heavy (non-hydrogen) atoms. The molecule has 1 unspecified atom stereocenters. The Morgan fingerprint density at radius 1 is 1.30 bits per heavy atom. The van der Waals surface area contributed by atoms with Gasteiger partial charge in [0.2, 0.25) is 5.91 Å². The number of hydrogen-bond donors (Lipinski definition) is 1. The SMILES string of the molecule is COc1cccc(CN(CC2CCCO2)C(=O)CCC2CCNCC2)c1.Cl. The van der Waals surface area contributed by atoms with Gasteiger partial charge >= 0.3 is 0 Å². The van der Waals surface area contributed by atoms with Crippen molar-refractivity contribution in [3.8, 4) is 5.75 Å². The van der Waals surface area contributed by atoms with Crippen LogP contribution >= 0.6 is 12.4 Å². The van der Waals surface area contributed by atoms with E-state index in [0.717, 1.165) is 50.3 Å². The molecule has 152 valence electrons. The summed E-state index contributed by atoms with van der Waals surface area (Å²) in [6, 6.07) is 8.00. The number of piperidine rings is 1. The van der Waals surface area contributed by atoms with Gasteiger partial charge in [0.05, 0.1) is 13.2 Å². The first kappa shape index (κ1) is 22.0. The minimum absolute atomic E-state index is 0. The number of nitrogens with one attached hydrogen (secondary N) is 1. The predicted molar refractivity (Wildman–Crippen MR) is 109 cm³/mol. The summed E-state index contributed by atoms with van der Waals surface area (Å²) in [7, 11) is 1.67. The summed E-state index contributed by atoms with van der Waals surface area (Å²) in [6.45, 7) is 4.32. The Morgan fingerprint density at radius 2 is 2.11 bits per heavy atom. The van der Waals surface area contributed by atoms with Gasteiger partial charge in [-0.1, -0.05) is 12.1 Å². The molecular formula is C21H33ClN2O3. The van der Waals surface area contributed by atoms with E-state index in [1.54, 1.807) is 7.11 Å². The summed E-state index contributed by atoms with van der Waals surface area (Å²) < 4.78 is 11.1. The van der Waals surface area contributed by atoms with Crippen LogP contribution in [0.4, 0.5) is 0 Å². The van der Waals surface area contributed by atoms with Gasteiger partial charge in [-0.15, -0.1) is 12.4 Å². The van der Waals surface area contributed by atoms with Crippen LogP contribution in [0.5, 0.6) is 5.75 Å². The molecule has 1 aromatic rings. The molecule has 5 nitrogen and oxygen atoms in total. The van der Waals surface area contributed by atoms with Gasteiger partial charge in [-0.05, 0) is 68.8 Å². The fraction of sp³-hybridized carbons (Fsp3) is 0.667. The lowest BCUT2D eigenvalue weighted by atomic mass is 9.93. The molecule has 1 aromatic carbocycles. The molecule has 0 spiro atoms. The Labute approximate surface area is 169 Å². The lowest BCUT2D eigenvalue weighted by Crippen LogP contribution is -2.37. The Hall–Kier alpha value is -1.30. The monoisotopic (exact) mass is 396 g/mol. The molecule has 1 amide bonds. The fourth-order valence-electron chi connectivity index (χ4n) is 3.94. The Balaban J connectivity index is 0.00000261. The second-order valence-corrected chi connectivity index (χ2v) is 7.49. The molecule has 2 aliphatic rings. The Bertz CT molecular complexity index is 572. The quantitative estimate of drug-likeness (QED) is 0.731. The molecule has 1 N–H and O–H groups in total. The van der Waals surface area contributed by atoms with Crippen molar-refractivity contribution in [3.63, 3.8) is 0 Å². The summed E-state index contributed by atoms with van der Waals surface area (Å²) >= 11 is 0. The number of nitrogens with zero attached hydrogens (tertiary/aromatic N) is 1. The molecule has 0 aromatic heterocycles. The second-order valence-electron chi connectivity index (χ2n) is 7.49. The topological polar surface area (TPSA) is 50.8 Å². The van der Waals surface area contributed by atoms with Crippen LogP contribution in [-0.2, 0) is 16.1 Å². The van der Waals surface area contributed by atoms with Gasteiger partial charge in [-0.3, -0.25) is 4.79 Å². The fourth-order valence-corrected chi connectivity index (χ4v) is 3.94. The molecule has 0 bridgehead atoms. The first-order valence-corrected chi connectivity index (χ1v) is 9.97. The van der Waals surface area contributed by atoms with E-state index in [9.17, 15) is 4.79 Å². The van der Waals surface area contributed by atoms with Crippen molar-refractivity contribution < 1.29 is 14.3 Å². The highest BCUT2D eigenvalue weighted by molar-refractivity contribution is 5.85. The van der Waals surface area contributed by atoms with Gasteiger partial charge < -0.3 is 19.7 Å². The molecular weight excluding hydrogens is 364 g/mol. The second kappa shape index (κ2) is 11.5. The molecule has 0 aliphatic carbocycles. The number of ether oxygens (including phenoxy) is 2. The molecule has 0 radical (unpaired) electrons. The van der Waals surface area contributed by atoms with E-state index in [4.69, 9.17) is 9.47 Å². The smallest absolute Gasteiger partial charge is 0.222 e. The van der Waals surface area contributed by atoms with Crippen molar-refractivity contribution in [2.24, 2.45) is 5.92 Å². The lowest BCUT2D eigenvalue weighted by molar-refractivity contribution is -0.133. The molecule has 1 atom stereocenters. The third kappa shape index (κ3) is 6.98. The van der Waals surface area contributed by atoms with Crippen molar-refractivity contribution in [1.29, 1.82) is 0 Å². The molecule has 2 saturated heterocycles. The first-order chi connectivity index (χ1) is 12.7. The van der Waals surface area contributed by atoms with Crippen molar-refractivity contribution in [2.45, 2.75) is 51.2 Å². The van der Waals surface area contributed by atoms with Crippen LogP contribution in [0.25, 0.3) is 0 Å². The molecule has 2 heterocycles. The van der Waals surface area contributed by atoms with Gasteiger partial charge in [-0.2, -0.15) is 0 Å². The van der Waals surface area contributed by atoms with Crippen molar-refractivity contribution >= 4 is 18.3 Å². The number of halogens is 1. The van der Waals surface area contributed by atoms with E-state index < -0.39 is 0 Å². The van der Waals surface area contributed by atoms with Gasteiger partial charge in [0.25, 0.3) is 0 Å². The number of carbonyl (C=O) groups excluding carboxylic acids is 1. The zero-order chi connectivity index (χ0) is 18.2. The van der Waals surface area contributed by atoms with E-state index in [1.165, 1.54) is 12.8 Å². The maximum Gasteiger partial charge on any atom is 0.222 e. The van der Waals surface area contributed by atoms with E-state index in [2.05, 4.69) is 11.4 Å². The largest absolute Gasteiger partial charge is 0.497 e. The number of hydrogen-bond acceptors (Lipinski definition) is 4. The van der Waals surface area contributed by atoms with Crippen LogP contribution in [0.2, 0.25) is 0 Å². The molecule has 3 rings (SSSR count). The lowest BCUT2D eigenvalue weighted by Gasteiger charge is -2.27. The third-order valence-corrected chi connectivity index (χ3v) is 5.53. The van der Waals surface area contributed by atoms with Crippen molar-refractivity contribution in [2.75, 3.05) is 33.4 Å². The van der Waals surface area contributed by atoms with Crippen LogP contribution in [-0.4, -0.2) is 50.3 Å². The number of rotatable bonds is 8. The van der Waals surface area contributed by atoms with Crippen LogP contribution < -0.4 is 10.1 Å². The number of amides is 1. The molecule has 2 aliphatic heterocycles. The maximum absolute atomic E-state index is 13.0. The summed E-state index contributed by atoms with van der Waals surface area (Å²) in [5.41, 5.74) is 1.11. The van der Waals surface area contributed by atoms with E-state index in [0.29, 0.717) is 25.4 Å². The first-order valence-electron chi connectivity index (χ1n) is 9.97. The Morgan fingerprint density at radius 3 is 2.81 bits per heavy atom. The van der Waals surface area contributed by atoms with Crippen molar-refractivity contribution in [3.05, 3.63) is 29.8 Å². The third-order valence-electron chi connectivity index (χ3n) is 5.53. The average molecular weight is 397 g/mol. The normalized spacial score (nSPS) is 20.1. The van der Waals surface area contributed by atoms with E-state index in [-0.39, 0.29) is 24.4 Å².